The van der Waals surface area contributed by atoms with E-state index in [1.165, 1.54) is 0 Å². The quantitative estimate of drug-likeness (QED) is 0.412. The lowest BCUT2D eigenvalue weighted by molar-refractivity contribution is -0.00545. The number of hydrogen-bond acceptors (Lipinski definition) is 4. The van der Waals surface area contributed by atoms with Crippen molar-refractivity contribution in [1.29, 1.82) is 0 Å². The fourth-order valence-electron chi connectivity index (χ4n) is 2.79. The van der Waals surface area contributed by atoms with Gasteiger partial charge in [-0.15, -0.1) is 24.0 Å². The van der Waals surface area contributed by atoms with Gasteiger partial charge in [0.1, 0.15) is 5.82 Å². The number of pyridine rings is 1. The second kappa shape index (κ2) is 9.56. The summed E-state index contributed by atoms with van der Waals surface area (Å²) in [7, 11) is 1.78. The highest BCUT2D eigenvalue weighted by molar-refractivity contribution is 14.0. The molecule has 1 saturated heterocycles. The van der Waals surface area contributed by atoms with Crippen LogP contribution in [0.4, 0.5) is 5.82 Å². The van der Waals surface area contributed by atoms with Crippen LogP contribution >= 0.6 is 24.0 Å². The van der Waals surface area contributed by atoms with Gasteiger partial charge in [-0.1, -0.05) is 6.07 Å². The first kappa shape index (κ1) is 22.0. The third-order valence-electron chi connectivity index (χ3n) is 3.73. The molecule has 2 heterocycles. The maximum atomic E-state index is 5.78. The minimum atomic E-state index is -0.0202. The van der Waals surface area contributed by atoms with E-state index in [0.717, 1.165) is 30.4 Å². The lowest BCUT2D eigenvalue weighted by atomic mass is 10.1. The Labute approximate surface area is 168 Å². The predicted octanol–water partition coefficient (Wildman–Crippen LogP) is 2.78. The van der Waals surface area contributed by atoms with Gasteiger partial charge in [0.25, 0.3) is 0 Å². The van der Waals surface area contributed by atoms with Crippen molar-refractivity contribution in [3.63, 3.8) is 0 Å². The van der Waals surface area contributed by atoms with Gasteiger partial charge in [0.05, 0.1) is 12.2 Å². The van der Waals surface area contributed by atoms with E-state index in [-0.39, 0.29) is 41.7 Å². The van der Waals surface area contributed by atoms with Gasteiger partial charge in [-0.3, -0.25) is 4.99 Å². The first-order chi connectivity index (χ1) is 11.3. The molecule has 142 valence electrons. The van der Waals surface area contributed by atoms with Crippen LogP contribution in [0.25, 0.3) is 0 Å². The summed E-state index contributed by atoms with van der Waals surface area (Å²) >= 11 is 0. The van der Waals surface area contributed by atoms with Gasteiger partial charge in [-0.2, -0.15) is 0 Å². The second-order valence-corrected chi connectivity index (χ2v) is 7.49. The van der Waals surface area contributed by atoms with E-state index in [4.69, 9.17) is 4.74 Å². The lowest BCUT2D eigenvalue weighted by Crippen LogP contribution is -2.47. The lowest BCUT2D eigenvalue weighted by Gasteiger charge is -2.36. The highest BCUT2D eigenvalue weighted by atomic mass is 127. The molecule has 2 atom stereocenters. The topological polar surface area (TPSA) is 61.8 Å². The van der Waals surface area contributed by atoms with Gasteiger partial charge >= 0.3 is 0 Å². The van der Waals surface area contributed by atoms with Crippen LogP contribution in [0.1, 0.15) is 40.2 Å². The number of morpholine rings is 1. The maximum Gasteiger partial charge on any atom is 0.191 e. The molecule has 0 saturated carbocycles. The summed E-state index contributed by atoms with van der Waals surface area (Å²) in [5.41, 5.74) is 1.11. The first-order valence-electron chi connectivity index (χ1n) is 8.61. The summed E-state index contributed by atoms with van der Waals surface area (Å²) in [6.45, 7) is 13.0. The van der Waals surface area contributed by atoms with E-state index in [9.17, 15) is 0 Å². The molecule has 2 rings (SSSR count). The number of anilines is 1. The average Bonchev–Trinajstić information content (AvgIpc) is 2.50. The van der Waals surface area contributed by atoms with Gasteiger partial charge in [0.15, 0.2) is 5.96 Å². The third kappa shape index (κ3) is 7.35. The second-order valence-electron chi connectivity index (χ2n) is 7.49. The molecule has 2 N–H and O–H groups in total. The van der Waals surface area contributed by atoms with E-state index in [2.05, 4.69) is 72.3 Å². The summed E-state index contributed by atoms with van der Waals surface area (Å²) in [5, 5.41) is 6.67. The summed E-state index contributed by atoms with van der Waals surface area (Å²) in [4.78, 5) is 11.2. The van der Waals surface area contributed by atoms with Crippen molar-refractivity contribution < 1.29 is 4.74 Å². The van der Waals surface area contributed by atoms with Crippen LogP contribution in [0.15, 0.2) is 23.3 Å². The Morgan fingerprint density at radius 2 is 1.92 bits per heavy atom. The van der Waals surface area contributed by atoms with Crippen molar-refractivity contribution in [3.8, 4) is 0 Å². The number of nitrogens with zero attached hydrogens (tertiary/aromatic N) is 3. The number of rotatable bonds is 3. The molecule has 7 heteroatoms. The molecule has 2 unspecified atom stereocenters. The molecule has 1 fully saturated rings. The van der Waals surface area contributed by atoms with Crippen LogP contribution < -0.4 is 15.5 Å². The number of aliphatic imine (C=N–C) groups is 1. The molecule has 1 aliphatic rings. The van der Waals surface area contributed by atoms with E-state index < -0.39 is 0 Å². The zero-order valence-electron chi connectivity index (χ0n) is 16.2. The predicted molar refractivity (Wildman–Crippen MR) is 115 cm³/mol. The van der Waals surface area contributed by atoms with Crippen molar-refractivity contribution >= 4 is 35.8 Å². The largest absolute Gasteiger partial charge is 0.372 e. The molecule has 0 spiro atoms. The smallest absolute Gasteiger partial charge is 0.191 e. The Bertz CT molecular complexity index is 546. The Morgan fingerprint density at radius 3 is 2.40 bits per heavy atom. The normalized spacial score (nSPS) is 21.5. The zero-order valence-corrected chi connectivity index (χ0v) is 18.5. The molecule has 6 nitrogen and oxygen atoms in total. The Kier molecular flexibility index (Phi) is 8.40. The third-order valence-corrected chi connectivity index (χ3v) is 3.73. The molecule has 25 heavy (non-hydrogen) atoms. The van der Waals surface area contributed by atoms with E-state index in [1.807, 2.05) is 6.20 Å². The molecular weight excluding hydrogens is 429 g/mol. The van der Waals surface area contributed by atoms with Crippen LogP contribution in [0.3, 0.4) is 0 Å². The Hall–Kier alpha value is -1.09. The van der Waals surface area contributed by atoms with Crippen LogP contribution in [0.5, 0.6) is 0 Å². The number of nitrogens with one attached hydrogen (secondary N) is 2. The minimum absolute atomic E-state index is 0. The summed E-state index contributed by atoms with van der Waals surface area (Å²) in [5.74, 6) is 1.81. The zero-order chi connectivity index (χ0) is 17.7. The van der Waals surface area contributed by atoms with Crippen LogP contribution in [0, 0.1) is 0 Å². The van der Waals surface area contributed by atoms with Gasteiger partial charge in [0, 0.05) is 38.4 Å². The average molecular weight is 461 g/mol. The molecule has 1 aromatic heterocycles. The molecule has 0 aromatic carbocycles. The number of guanidine groups is 1. The number of ether oxygens (including phenoxy) is 1. The fraction of sp³-hybridized carbons (Fsp3) is 0.667. The van der Waals surface area contributed by atoms with E-state index in [0.29, 0.717) is 6.54 Å². The Morgan fingerprint density at radius 1 is 1.28 bits per heavy atom. The van der Waals surface area contributed by atoms with Crippen LogP contribution in [-0.2, 0) is 11.3 Å². The Balaban J connectivity index is 0.00000312. The standard InChI is InChI=1S/C18H31N5O.HI/c1-13-11-23(12-14(2)24-13)16-8-7-15(9-20-16)10-21-17(19-6)22-18(3,4)5;/h7-9,13-14H,10-12H2,1-6H3,(H2,19,21,22);1H. The van der Waals surface area contributed by atoms with Gasteiger partial charge in [-0.25, -0.2) is 4.98 Å². The van der Waals surface area contributed by atoms with Gasteiger partial charge < -0.3 is 20.3 Å². The van der Waals surface area contributed by atoms with Crippen molar-refractivity contribution in [3.05, 3.63) is 23.9 Å². The van der Waals surface area contributed by atoms with E-state index >= 15 is 0 Å². The van der Waals surface area contributed by atoms with E-state index in [1.54, 1.807) is 7.05 Å². The fourth-order valence-corrected chi connectivity index (χ4v) is 2.79. The highest BCUT2D eigenvalue weighted by Crippen LogP contribution is 2.18. The molecule has 0 amide bonds. The molecule has 0 aliphatic carbocycles. The first-order valence-corrected chi connectivity index (χ1v) is 8.61. The number of halogens is 1. The minimum Gasteiger partial charge on any atom is -0.372 e. The summed E-state index contributed by atoms with van der Waals surface area (Å²) in [6, 6.07) is 4.20. The molecule has 0 bridgehead atoms. The van der Waals surface area contributed by atoms with Crippen molar-refractivity contribution in [2.24, 2.45) is 4.99 Å². The number of aromatic nitrogens is 1. The summed E-state index contributed by atoms with van der Waals surface area (Å²) < 4.78 is 5.78. The number of hydrogen-bond donors (Lipinski definition) is 2. The summed E-state index contributed by atoms with van der Waals surface area (Å²) in [6.07, 6.45) is 2.41. The monoisotopic (exact) mass is 461 g/mol. The molecule has 0 radical (unpaired) electrons. The van der Waals surface area contributed by atoms with Crippen molar-refractivity contribution in [1.82, 2.24) is 15.6 Å². The maximum absolute atomic E-state index is 5.78. The van der Waals surface area contributed by atoms with Gasteiger partial charge in [-0.05, 0) is 46.2 Å². The van der Waals surface area contributed by atoms with Crippen molar-refractivity contribution in [2.75, 3.05) is 25.0 Å². The molecular formula is C18H32IN5O. The SMILES string of the molecule is CN=C(NCc1ccc(N2CC(C)OC(C)C2)nc1)NC(C)(C)C.I. The highest BCUT2D eigenvalue weighted by Gasteiger charge is 2.22. The van der Waals surface area contributed by atoms with Crippen LogP contribution in [0.2, 0.25) is 0 Å². The molecule has 1 aliphatic heterocycles. The van der Waals surface area contributed by atoms with Gasteiger partial charge in [0.2, 0.25) is 0 Å². The van der Waals surface area contributed by atoms with Crippen LogP contribution in [-0.4, -0.2) is 48.8 Å². The van der Waals surface area contributed by atoms with Crippen molar-refractivity contribution in [2.45, 2.75) is 58.9 Å². The molecule has 1 aromatic rings.